The highest BCUT2D eigenvalue weighted by atomic mass is 19.4. The van der Waals surface area contributed by atoms with E-state index < -0.39 is 24.2 Å². The molecule has 0 fully saturated rings. The molecule has 0 spiro atoms. The Kier molecular flexibility index (Phi) is 4.08. The summed E-state index contributed by atoms with van der Waals surface area (Å²) in [6.45, 7) is 1.23. The average molecular weight is 323 g/mol. The first-order chi connectivity index (χ1) is 10.1. The Bertz CT molecular complexity index is 603. The number of hydrogen-bond acceptors (Lipinski definition) is 3. The maximum absolute atomic E-state index is 12.6. The second-order valence-electron chi connectivity index (χ2n) is 4.54. The molecule has 120 valence electrons. The number of hydrogen-bond donors (Lipinski definition) is 1. The van der Waals surface area contributed by atoms with Gasteiger partial charge in [0.1, 0.15) is 12.0 Å². The Balaban J connectivity index is 2.15. The molecule has 1 aliphatic rings. The van der Waals surface area contributed by atoms with Crippen molar-refractivity contribution in [3.8, 4) is 0 Å². The highest BCUT2D eigenvalue weighted by molar-refractivity contribution is 6.04. The molecule has 0 radical (unpaired) electrons. The molecular formula is C13H11F6N3. The van der Waals surface area contributed by atoms with E-state index in [1.165, 1.54) is 19.1 Å². The molecule has 0 saturated carbocycles. The maximum Gasteiger partial charge on any atom is 0.486 e. The van der Waals surface area contributed by atoms with E-state index in [0.29, 0.717) is 0 Å². The molecular weight excluding hydrogens is 312 g/mol. The number of halogens is 6. The van der Waals surface area contributed by atoms with Crippen molar-refractivity contribution in [2.75, 3.05) is 5.32 Å². The zero-order valence-corrected chi connectivity index (χ0v) is 11.2. The normalized spacial score (nSPS) is 19.1. The van der Waals surface area contributed by atoms with Gasteiger partial charge in [0.2, 0.25) is 0 Å². The predicted molar refractivity (Wildman–Crippen MR) is 69.0 cm³/mol. The molecule has 3 nitrogen and oxygen atoms in total. The minimum Gasteiger partial charge on any atom is -0.340 e. The fraction of sp³-hybridized carbons (Fsp3) is 0.308. The number of amidine groups is 1. The van der Waals surface area contributed by atoms with Crippen LogP contribution in [0.3, 0.4) is 0 Å². The van der Waals surface area contributed by atoms with E-state index >= 15 is 0 Å². The van der Waals surface area contributed by atoms with Crippen molar-refractivity contribution < 1.29 is 26.3 Å². The molecule has 0 amide bonds. The van der Waals surface area contributed by atoms with Gasteiger partial charge in [0.25, 0.3) is 0 Å². The molecule has 9 heteroatoms. The van der Waals surface area contributed by atoms with Crippen molar-refractivity contribution in [2.45, 2.75) is 25.6 Å². The standard InChI is InChI=1S/C13H11F6N3/c1-8-20-11(5-6-22(8)13(17,18)19)21-10-4-2-3-9(7-10)12(14,15)16/h2-8H,1H3,(H,20,21). The molecule has 0 bridgehead atoms. The summed E-state index contributed by atoms with van der Waals surface area (Å²) in [6, 6.07) is 4.32. The molecule has 1 heterocycles. The molecule has 0 saturated heterocycles. The van der Waals surface area contributed by atoms with E-state index in [1.807, 2.05) is 0 Å². The second-order valence-corrected chi connectivity index (χ2v) is 4.54. The lowest BCUT2D eigenvalue weighted by Gasteiger charge is -2.30. The van der Waals surface area contributed by atoms with Crippen molar-refractivity contribution in [3.63, 3.8) is 0 Å². The largest absolute Gasteiger partial charge is 0.486 e. The van der Waals surface area contributed by atoms with Crippen LogP contribution in [0.25, 0.3) is 0 Å². The third-order valence-electron chi connectivity index (χ3n) is 2.88. The van der Waals surface area contributed by atoms with E-state index in [2.05, 4.69) is 10.3 Å². The lowest BCUT2D eigenvalue weighted by Crippen LogP contribution is -2.42. The minimum atomic E-state index is -4.57. The fourth-order valence-corrected chi connectivity index (χ4v) is 1.87. The van der Waals surface area contributed by atoms with Crippen molar-refractivity contribution >= 4 is 11.5 Å². The Morgan fingerprint density at radius 3 is 2.36 bits per heavy atom. The second kappa shape index (κ2) is 5.54. The van der Waals surface area contributed by atoms with Gasteiger partial charge in [-0.2, -0.15) is 26.3 Å². The number of anilines is 1. The Morgan fingerprint density at radius 2 is 1.82 bits per heavy atom. The lowest BCUT2D eigenvalue weighted by atomic mass is 10.2. The topological polar surface area (TPSA) is 27.6 Å². The van der Waals surface area contributed by atoms with Crippen molar-refractivity contribution in [1.29, 1.82) is 0 Å². The summed E-state index contributed by atoms with van der Waals surface area (Å²) >= 11 is 0. The number of aliphatic imine (C=N–C) groups is 1. The summed E-state index contributed by atoms with van der Waals surface area (Å²) in [5, 5.41) is 2.56. The number of nitrogens with zero attached hydrogens (tertiary/aromatic N) is 2. The molecule has 22 heavy (non-hydrogen) atoms. The van der Waals surface area contributed by atoms with Gasteiger partial charge < -0.3 is 5.32 Å². The number of rotatable bonds is 1. The monoisotopic (exact) mass is 323 g/mol. The number of benzene rings is 1. The minimum absolute atomic E-state index is 0.0484. The van der Waals surface area contributed by atoms with Gasteiger partial charge in [-0.15, -0.1) is 0 Å². The lowest BCUT2D eigenvalue weighted by molar-refractivity contribution is -0.237. The third-order valence-corrected chi connectivity index (χ3v) is 2.88. The summed E-state index contributed by atoms with van der Waals surface area (Å²) in [4.78, 5) is 3.85. The van der Waals surface area contributed by atoms with Crippen molar-refractivity contribution in [1.82, 2.24) is 4.90 Å². The Morgan fingerprint density at radius 1 is 1.14 bits per heavy atom. The van der Waals surface area contributed by atoms with E-state index in [-0.39, 0.29) is 16.4 Å². The van der Waals surface area contributed by atoms with Crippen LogP contribution in [-0.4, -0.2) is 23.2 Å². The summed E-state index contributed by atoms with van der Waals surface area (Å²) in [5.74, 6) is 0.0484. The molecule has 1 N–H and O–H groups in total. The van der Waals surface area contributed by atoms with Crippen LogP contribution in [0, 0.1) is 0 Å². The van der Waals surface area contributed by atoms with Crippen LogP contribution >= 0.6 is 0 Å². The molecule has 1 aliphatic heterocycles. The molecule has 2 rings (SSSR count). The van der Waals surface area contributed by atoms with Crippen molar-refractivity contribution in [3.05, 3.63) is 42.1 Å². The van der Waals surface area contributed by atoms with Crippen LogP contribution in [0.2, 0.25) is 0 Å². The number of alkyl halides is 6. The quantitative estimate of drug-likeness (QED) is 0.619. The fourth-order valence-electron chi connectivity index (χ4n) is 1.87. The first-order valence-corrected chi connectivity index (χ1v) is 6.13. The van der Waals surface area contributed by atoms with Crippen molar-refractivity contribution in [2.24, 2.45) is 4.99 Å². The SMILES string of the molecule is CC1N=C(Nc2cccc(C(F)(F)F)c2)C=CN1C(F)(F)F. The smallest absolute Gasteiger partial charge is 0.340 e. The van der Waals surface area contributed by atoms with Crippen LogP contribution in [0.1, 0.15) is 12.5 Å². The predicted octanol–water partition coefficient (Wildman–Crippen LogP) is 4.21. The average Bonchev–Trinajstić information content (AvgIpc) is 2.36. The van der Waals surface area contributed by atoms with Gasteiger partial charge >= 0.3 is 12.5 Å². The first-order valence-electron chi connectivity index (χ1n) is 6.13. The van der Waals surface area contributed by atoms with E-state index in [1.54, 1.807) is 0 Å². The highest BCUT2D eigenvalue weighted by Gasteiger charge is 2.39. The first kappa shape index (κ1) is 16.2. The van der Waals surface area contributed by atoms with Gasteiger partial charge in [0.15, 0.2) is 0 Å². The van der Waals surface area contributed by atoms with Crippen LogP contribution in [0.4, 0.5) is 32.0 Å². The Hall–Kier alpha value is -2.19. The van der Waals surface area contributed by atoms with E-state index in [9.17, 15) is 26.3 Å². The zero-order chi connectivity index (χ0) is 16.5. The van der Waals surface area contributed by atoms with E-state index in [0.717, 1.165) is 24.4 Å². The molecule has 0 aliphatic carbocycles. The number of nitrogens with one attached hydrogen (secondary N) is 1. The van der Waals surface area contributed by atoms with Gasteiger partial charge in [0, 0.05) is 11.9 Å². The van der Waals surface area contributed by atoms with E-state index in [4.69, 9.17) is 0 Å². The van der Waals surface area contributed by atoms with Crippen LogP contribution in [0.15, 0.2) is 41.5 Å². The van der Waals surface area contributed by atoms with Gasteiger partial charge in [-0.05, 0) is 31.2 Å². The maximum atomic E-state index is 12.6. The summed E-state index contributed by atoms with van der Waals surface area (Å²) in [5.41, 5.74) is -0.770. The molecule has 1 aromatic carbocycles. The zero-order valence-electron chi connectivity index (χ0n) is 11.2. The molecule has 1 atom stereocenters. The molecule has 1 aromatic rings. The Labute approximate surface area is 121 Å². The highest BCUT2D eigenvalue weighted by Crippen LogP contribution is 2.31. The van der Waals surface area contributed by atoms with Gasteiger partial charge in [-0.3, -0.25) is 4.90 Å². The summed E-state index contributed by atoms with van der Waals surface area (Å²) in [7, 11) is 0. The van der Waals surface area contributed by atoms with Gasteiger partial charge in [-0.25, -0.2) is 4.99 Å². The van der Waals surface area contributed by atoms with Crippen LogP contribution < -0.4 is 5.32 Å². The van der Waals surface area contributed by atoms with Crippen LogP contribution in [0.5, 0.6) is 0 Å². The third kappa shape index (κ3) is 3.71. The molecule has 1 unspecified atom stereocenters. The summed E-state index contributed by atoms with van der Waals surface area (Å²) in [6.07, 6.45) is -8.44. The van der Waals surface area contributed by atoms with Crippen LogP contribution in [-0.2, 0) is 6.18 Å². The van der Waals surface area contributed by atoms with Gasteiger partial charge in [0.05, 0.1) is 5.56 Å². The summed E-state index contributed by atoms with van der Waals surface area (Å²) < 4.78 is 75.5. The molecule has 0 aromatic heterocycles. The van der Waals surface area contributed by atoms with Gasteiger partial charge in [-0.1, -0.05) is 6.07 Å².